The van der Waals surface area contributed by atoms with E-state index in [2.05, 4.69) is 38.2 Å². The van der Waals surface area contributed by atoms with Crippen LogP contribution in [0.15, 0.2) is 34.5 Å². The molecule has 0 radical (unpaired) electrons. The van der Waals surface area contributed by atoms with Gasteiger partial charge in [0.15, 0.2) is 0 Å². The fourth-order valence-electron chi connectivity index (χ4n) is 2.16. The molecule has 0 aliphatic rings. The normalized spacial score (nSPS) is 12.2. The highest BCUT2D eigenvalue weighted by Gasteiger charge is 2.13. The van der Waals surface area contributed by atoms with E-state index >= 15 is 0 Å². The SMILES string of the molecule is CCc1ccsc1C(=O)Nc1ccc(SC(C)CC)cc1C. The van der Waals surface area contributed by atoms with Crippen LogP contribution in [0.2, 0.25) is 0 Å². The van der Waals surface area contributed by atoms with Crippen LogP contribution in [0.4, 0.5) is 5.69 Å². The van der Waals surface area contributed by atoms with Crippen LogP contribution in [0.1, 0.15) is 48.0 Å². The summed E-state index contributed by atoms with van der Waals surface area (Å²) in [6.07, 6.45) is 2.04. The van der Waals surface area contributed by atoms with Gasteiger partial charge in [-0.3, -0.25) is 4.79 Å². The van der Waals surface area contributed by atoms with Crippen LogP contribution in [0.5, 0.6) is 0 Å². The van der Waals surface area contributed by atoms with E-state index < -0.39 is 0 Å². The lowest BCUT2D eigenvalue weighted by Gasteiger charge is -2.12. The molecule has 1 aromatic carbocycles. The van der Waals surface area contributed by atoms with Gasteiger partial charge in [-0.15, -0.1) is 23.1 Å². The van der Waals surface area contributed by atoms with Gasteiger partial charge in [0, 0.05) is 15.8 Å². The molecule has 0 saturated carbocycles. The molecule has 118 valence electrons. The molecule has 0 aliphatic heterocycles. The second-order valence-corrected chi connectivity index (χ2v) is 7.82. The molecule has 1 unspecified atom stereocenters. The first-order chi connectivity index (χ1) is 10.5. The molecule has 1 atom stereocenters. The summed E-state index contributed by atoms with van der Waals surface area (Å²) in [6, 6.07) is 8.28. The number of rotatable bonds is 6. The fourth-order valence-corrected chi connectivity index (χ4v) is 4.07. The second kappa shape index (κ2) is 7.84. The third kappa shape index (κ3) is 4.14. The second-order valence-electron chi connectivity index (χ2n) is 5.40. The maximum absolute atomic E-state index is 12.4. The smallest absolute Gasteiger partial charge is 0.266 e. The first-order valence-electron chi connectivity index (χ1n) is 7.70. The van der Waals surface area contributed by atoms with Crippen molar-refractivity contribution < 1.29 is 4.79 Å². The molecule has 2 rings (SSSR count). The summed E-state index contributed by atoms with van der Waals surface area (Å²) in [5, 5.41) is 5.63. The van der Waals surface area contributed by atoms with Gasteiger partial charge in [0.1, 0.15) is 0 Å². The zero-order valence-corrected chi connectivity index (χ0v) is 15.2. The van der Waals surface area contributed by atoms with E-state index in [1.165, 1.54) is 16.2 Å². The third-order valence-corrected chi connectivity index (χ3v) is 5.91. The topological polar surface area (TPSA) is 29.1 Å². The average Bonchev–Trinajstić information content (AvgIpc) is 2.98. The standard InChI is InChI=1S/C18H23NOS2/c1-5-13(4)22-15-7-8-16(12(3)11-15)19-18(20)17-14(6-2)9-10-21-17/h7-11,13H,5-6H2,1-4H3,(H,19,20). The largest absolute Gasteiger partial charge is 0.321 e. The van der Waals surface area contributed by atoms with E-state index in [0.29, 0.717) is 5.25 Å². The number of thiophene rings is 1. The summed E-state index contributed by atoms with van der Waals surface area (Å²) < 4.78 is 0. The fraction of sp³-hybridized carbons (Fsp3) is 0.389. The van der Waals surface area contributed by atoms with Crippen LogP contribution in [0, 0.1) is 6.92 Å². The molecule has 0 fully saturated rings. The summed E-state index contributed by atoms with van der Waals surface area (Å²) in [7, 11) is 0. The van der Waals surface area contributed by atoms with Crippen molar-refractivity contribution in [2.24, 2.45) is 0 Å². The molecule has 2 nitrogen and oxygen atoms in total. The Bertz CT molecular complexity index is 648. The Labute approximate surface area is 141 Å². The Kier molecular flexibility index (Phi) is 6.09. The van der Waals surface area contributed by atoms with Gasteiger partial charge in [-0.2, -0.15) is 0 Å². The van der Waals surface area contributed by atoms with Gasteiger partial charge in [-0.1, -0.05) is 20.8 Å². The Morgan fingerprint density at radius 2 is 2.09 bits per heavy atom. The maximum Gasteiger partial charge on any atom is 0.266 e. The van der Waals surface area contributed by atoms with Crippen molar-refractivity contribution in [3.63, 3.8) is 0 Å². The van der Waals surface area contributed by atoms with Gasteiger partial charge in [0.25, 0.3) is 5.91 Å². The number of amides is 1. The molecule has 1 aromatic heterocycles. The van der Waals surface area contributed by atoms with Crippen LogP contribution >= 0.6 is 23.1 Å². The molecule has 0 spiro atoms. The molecule has 1 heterocycles. The minimum absolute atomic E-state index is 0.00252. The summed E-state index contributed by atoms with van der Waals surface area (Å²) in [6.45, 7) is 8.56. The van der Waals surface area contributed by atoms with Gasteiger partial charge in [-0.25, -0.2) is 0 Å². The lowest BCUT2D eigenvalue weighted by molar-refractivity contribution is 0.102. The molecule has 1 N–H and O–H groups in total. The first kappa shape index (κ1) is 17.1. The highest BCUT2D eigenvalue weighted by atomic mass is 32.2. The van der Waals surface area contributed by atoms with Crippen molar-refractivity contribution in [3.05, 3.63) is 45.6 Å². The van der Waals surface area contributed by atoms with Gasteiger partial charge in [-0.05, 0) is 60.5 Å². The predicted octanol–water partition coefficient (Wildman–Crippen LogP) is 5.76. The highest BCUT2D eigenvalue weighted by Crippen LogP contribution is 2.29. The van der Waals surface area contributed by atoms with E-state index in [1.807, 2.05) is 36.2 Å². The Morgan fingerprint density at radius 1 is 1.32 bits per heavy atom. The first-order valence-corrected chi connectivity index (χ1v) is 9.46. The Hall–Kier alpha value is -1.26. The number of aryl methyl sites for hydroxylation is 2. The lowest BCUT2D eigenvalue weighted by Crippen LogP contribution is -2.12. The highest BCUT2D eigenvalue weighted by molar-refractivity contribution is 7.99. The van der Waals surface area contributed by atoms with Crippen molar-refractivity contribution in [2.45, 2.75) is 50.7 Å². The zero-order valence-electron chi connectivity index (χ0n) is 13.6. The predicted molar refractivity (Wildman–Crippen MR) is 98.4 cm³/mol. The van der Waals surface area contributed by atoms with Crippen LogP contribution in [-0.2, 0) is 6.42 Å². The van der Waals surface area contributed by atoms with Crippen LogP contribution in [0.25, 0.3) is 0 Å². The van der Waals surface area contributed by atoms with E-state index in [4.69, 9.17) is 0 Å². The van der Waals surface area contributed by atoms with Gasteiger partial charge in [0.2, 0.25) is 0 Å². The van der Waals surface area contributed by atoms with E-state index in [1.54, 1.807) is 0 Å². The monoisotopic (exact) mass is 333 g/mol. The van der Waals surface area contributed by atoms with Crippen molar-refractivity contribution >= 4 is 34.7 Å². The summed E-state index contributed by atoms with van der Waals surface area (Å²) in [4.78, 5) is 14.5. The Balaban J connectivity index is 2.11. The van der Waals surface area contributed by atoms with Crippen molar-refractivity contribution in [1.82, 2.24) is 0 Å². The number of anilines is 1. The van der Waals surface area contributed by atoms with Crippen molar-refractivity contribution in [2.75, 3.05) is 5.32 Å². The average molecular weight is 334 g/mol. The van der Waals surface area contributed by atoms with Crippen LogP contribution < -0.4 is 5.32 Å². The third-order valence-electron chi connectivity index (χ3n) is 3.69. The van der Waals surface area contributed by atoms with Crippen LogP contribution in [-0.4, -0.2) is 11.2 Å². The molecule has 1 amide bonds. The molecular formula is C18H23NOS2. The van der Waals surface area contributed by atoms with E-state index in [-0.39, 0.29) is 5.91 Å². The van der Waals surface area contributed by atoms with Crippen molar-refractivity contribution in [1.29, 1.82) is 0 Å². The van der Waals surface area contributed by atoms with Crippen LogP contribution in [0.3, 0.4) is 0 Å². The van der Waals surface area contributed by atoms with E-state index in [9.17, 15) is 4.79 Å². The number of benzene rings is 1. The Morgan fingerprint density at radius 3 is 2.73 bits per heavy atom. The molecule has 4 heteroatoms. The number of hydrogen-bond donors (Lipinski definition) is 1. The molecule has 0 bridgehead atoms. The zero-order chi connectivity index (χ0) is 16.1. The minimum atomic E-state index is -0.00252. The minimum Gasteiger partial charge on any atom is -0.321 e. The molecule has 2 aromatic rings. The van der Waals surface area contributed by atoms with Gasteiger partial charge >= 0.3 is 0 Å². The summed E-state index contributed by atoms with van der Waals surface area (Å²) in [5.41, 5.74) is 3.12. The summed E-state index contributed by atoms with van der Waals surface area (Å²) >= 11 is 3.38. The number of hydrogen-bond acceptors (Lipinski definition) is 3. The van der Waals surface area contributed by atoms with E-state index in [0.717, 1.165) is 34.5 Å². The molecule has 0 aliphatic carbocycles. The molecular weight excluding hydrogens is 310 g/mol. The summed E-state index contributed by atoms with van der Waals surface area (Å²) in [5.74, 6) is -0.00252. The molecule has 0 saturated heterocycles. The van der Waals surface area contributed by atoms with Gasteiger partial charge in [0.05, 0.1) is 4.88 Å². The number of carbonyl (C=O) groups excluding carboxylic acids is 1. The molecule has 22 heavy (non-hydrogen) atoms. The number of carbonyl (C=O) groups is 1. The quantitative estimate of drug-likeness (QED) is 0.681. The van der Waals surface area contributed by atoms with Crippen molar-refractivity contribution in [3.8, 4) is 0 Å². The number of nitrogens with one attached hydrogen (secondary N) is 1. The maximum atomic E-state index is 12.4. The van der Waals surface area contributed by atoms with Gasteiger partial charge < -0.3 is 5.32 Å². The lowest BCUT2D eigenvalue weighted by atomic mass is 10.1. The number of thioether (sulfide) groups is 1.